The highest BCUT2D eigenvalue weighted by Gasteiger charge is 2.70. The Morgan fingerprint density at radius 1 is 1.23 bits per heavy atom. The molecule has 0 heterocycles. The Kier molecular flexibility index (Phi) is 1.38. The van der Waals surface area contributed by atoms with Crippen molar-refractivity contribution in [3.63, 3.8) is 0 Å². The van der Waals surface area contributed by atoms with Crippen molar-refractivity contribution in [2.45, 2.75) is 45.1 Å². The lowest BCUT2D eigenvalue weighted by Gasteiger charge is -2.14. The third kappa shape index (κ3) is 0.866. The Morgan fingerprint density at radius 3 is 2.23 bits per heavy atom. The molecule has 0 N–H and O–H groups in total. The molecule has 13 heavy (non-hydrogen) atoms. The zero-order valence-electron chi connectivity index (χ0n) is 8.08. The molecule has 0 aromatic rings. The minimum absolute atomic E-state index is 0.0897. The summed E-state index contributed by atoms with van der Waals surface area (Å²) in [6.45, 7) is 1.53. The maximum absolute atomic E-state index is 10.8. The van der Waals surface area contributed by atoms with Crippen LogP contribution in [0.4, 0.5) is 0 Å². The second-order valence-electron chi connectivity index (χ2n) is 4.96. The van der Waals surface area contributed by atoms with Crippen LogP contribution in [-0.2, 0) is 9.53 Å². The number of esters is 1. The van der Waals surface area contributed by atoms with E-state index in [0.717, 1.165) is 11.8 Å². The van der Waals surface area contributed by atoms with Crippen LogP contribution >= 0.6 is 0 Å². The molecule has 0 aromatic heterocycles. The van der Waals surface area contributed by atoms with Crippen LogP contribution in [0.25, 0.3) is 0 Å². The fourth-order valence-corrected chi connectivity index (χ4v) is 3.97. The van der Waals surface area contributed by atoms with Crippen molar-refractivity contribution < 1.29 is 9.53 Å². The molecular weight excluding hydrogens is 164 g/mol. The van der Waals surface area contributed by atoms with Gasteiger partial charge in [0, 0.05) is 12.3 Å². The van der Waals surface area contributed by atoms with E-state index in [9.17, 15) is 4.79 Å². The lowest BCUT2D eigenvalue weighted by molar-refractivity contribution is -0.143. The molecule has 2 nitrogen and oxygen atoms in total. The van der Waals surface area contributed by atoms with Gasteiger partial charge in [-0.25, -0.2) is 0 Å². The summed E-state index contributed by atoms with van der Waals surface area (Å²) in [6.07, 6.45) is 7.03. The average Bonchev–Trinajstić information content (AvgIpc) is 2.55. The van der Waals surface area contributed by atoms with E-state index in [1.165, 1.54) is 39.0 Å². The topological polar surface area (TPSA) is 26.3 Å². The molecule has 0 amide bonds. The first-order valence-corrected chi connectivity index (χ1v) is 5.40. The van der Waals surface area contributed by atoms with Gasteiger partial charge in [0.2, 0.25) is 0 Å². The monoisotopic (exact) mass is 180 g/mol. The van der Waals surface area contributed by atoms with Gasteiger partial charge in [-0.1, -0.05) is 0 Å². The van der Waals surface area contributed by atoms with E-state index in [-0.39, 0.29) is 5.97 Å². The van der Waals surface area contributed by atoms with Crippen LogP contribution < -0.4 is 0 Å². The Bertz CT molecular complexity index is 239. The first-order chi connectivity index (χ1) is 6.23. The summed E-state index contributed by atoms with van der Waals surface area (Å²) in [5.74, 6) is 1.69. The molecular formula is C11H16O2. The fourth-order valence-electron chi connectivity index (χ4n) is 3.97. The van der Waals surface area contributed by atoms with E-state index in [1.807, 2.05) is 0 Å². The Hall–Kier alpha value is -0.530. The Labute approximate surface area is 78.6 Å². The second kappa shape index (κ2) is 2.28. The highest BCUT2D eigenvalue weighted by atomic mass is 16.5. The van der Waals surface area contributed by atoms with Gasteiger partial charge in [0.15, 0.2) is 0 Å². The molecule has 72 valence electrons. The van der Waals surface area contributed by atoms with Crippen LogP contribution in [0, 0.1) is 17.3 Å². The number of hydrogen-bond acceptors (Lipinski definition) is 2. The van der Waals surface area contributed by atoms with Crippen molar-refractivity contribution >= 4 is 5.97 Å². The maximum atomic E-state index is 10.8. The molecule has 1 unspecified atom stereocenters. The maximum Gasteiger partial charge on any atom is 0.302 e. The summed E-state index contributed by atoms with van der Waals surface area (Å²) in [5.41, 5.74) is 0.478. The fraction of sp³-hybridized carbons (Fsp3) is 0.909. The number of hydrogen-bond donors (Lipinski definition) is 0. The lowest BCUT2D eigenvalue weighted by atomic mass is 9.94. The van der Waals surface area contributed by atoms with Crippen molar-refractivity contribution in [2.75, 3.05) is 0 Å². The zero-order chi connectivity index (χ0) is 9.05. The van der Waals surface area contributed by atoms with Gasteiger partial charge in [0.1, 0.15) is 6.10 Å². The molecule has 2 bridgehead atoms. The lowest BCUT2D eigenvalue weighted by Crippen LogP contribution is -2.16. The van der Waals surface area contributed by atoms with Gasteiger partial charge in [-0.15, -0.1) is 0 Å². The molecule has 0 saturated heterocycles. The number of carbonyl (C=O) groups is 1. The highest BCUT2D eigenvalue weighted by Crippen LogP contribution is 2.71. The summed E-state index contributed by atoms with van der Waals surface area (Å²) in [5, 5.41) is 0. The minimum atomic E-state index is -0.0897. The SMILES string of the molecule is CC(=O)OC1CC12C1CCC2CC1. The molecule has 0 radical (unpaired) electrons. The quantitative estimate of drug-likeness (QED) is 0.578. The van der Waals surface area contributed by atoms with Crippen molar-refractivity contribution in [3.05, 3.63) is 0 Å². The van der Waals surface area contributed by atoms with Crippen LogP contribution in [0.2, 0.25) is 0 Å². The van der Waals surface area contributed by atoms with E-state index in [4.69, 9.17) is 4.74 Å². The van der Waals surface area contributed by atoms with E-state index in [2.05, 4.69) is 0 Å². The molecule has 3 aliphatic rings. The summed E-state index contributed by atoms with van der Waals surface area (Å²) in [7, 11) is 0. The standard InChI is InChI=1S/C11H16O2/c1-7(12)13-10-6-11(10)8-2-3-9(11)5-4-8/h8-10H,2-6H2,1H3. The molecule has 3 aliphatic carbocycles. The zero-order valence-corrected chi connectivity index (χ0v) is 8.08. The van der Waals surface area contributed by atoms with Gasteiger partial charge in [-0.2, -0.15) is 0 Å². The van der Waals surface area contributed by atoms with E-state index in [0.29, 0.717) is 11.5 Å². The van der Waals surface area contributed by atoms with E-state index >= 15 is 0 Å². The third-order valence-corrected chi connectivity index (χ3v) is 4.53. The molecule has 3 rings (SSSR count). The van der Waals surface area contributed by atoms with E-state index in [1.54, 1.807) is 0 Å². The Morgan fingerprint density at radius 2 is 1.77 bits per heavy atom. The summed E-state index contributed by atoms with van der Waals surface area (Å²) in [4.78, 5) is 10.8. The van der Waals surface area contributed by atoms with Gasteiger partial charge in [-0.05, 0) is 43.9 Å². The van der Waals surface area contributed by atoms with Gasteiger partial charge in [0.05, 0.1) is 0 Å². The average molecular weight is 180 g/mol. The van der Waals surface area contributed by atoms with E-state index < -0.39 is 0 Å². The van der Waals surface area contributed by atoms with Crippen LogP contribution in [0.5, 0.6) is 0 Å². The van der Waals surface area contributed by atoms with Crippen LogP contribution in [0.3, 0.4) is 0 Å². The molecule has 0 aromatic carbocycles. The minimum Gasteiger partial charge on any atom is -0.462 e. The summed E-state index contributed by atoms with van der Waals surface area (Å²) < 4.78 is 5.34. The normalized spacial score (nSPS) is 51.3. The Balaban J connectivity index is 1.76. The number of carbonyl (C=O) groups excluding carboxylic acids is 1. The smallest absolute Gasteiger partial charge is 0.302 e. The van der Waals surface area contributed by atoms with Gasteiger partial charge in [-0.3, -0.25) is 4.79 Å². The molecule has 3 saturated carbocycles. The molecule has 1 atom stereocenters. The van der Waals surface area contributed by atoms with Crippen molar-refractivity contribution in [2.24, 2.45) is 17.3 Å². The predicted octanol–water partition coefficient (Wildman–Crippen LogP) is 2.13. The van der Waals surface area contributed by atoms with Crippen molar-refractivity contribution in [1.29, 1.82) is 0 Å². The third-order valence-electron chi connectivity index (χ3n) is 4.53. The largest absolute Gasteiger partial charge is 0.462 e. The first kappa shape index (κ1) is 7.84. The molecule has 0 aliphatic heterocycles. The van der Waals surface area contributed by atoms with Crippen molar-refractivity contribution in [3.8, 4) is 0 Å². The number of ether oxygens (including phenoxy) is 1. The molecule has 3 fully saturated rings. The first-order valence-electron chi connectivity index (χ1n) is 5.40. The van der Waals surface area contributed by atoms with Crippen LogP contribution in [0.15, 0.2) is 0 Å². The predicted molar refractivity (Wildman–Crippen MR) is 48.1 cm³/mol. The number of rotatable bonds is 1. The highest BCUT2D eigenvalue weighted by molar-refractivity contribution is 5.66. The molecule has 2 heteroatoms. The second-order valence-corrected chi connectivity index (χ2v) is 4.96. The van der Waals surface area contributed by atoms with Crippen LogP contribution in [0.1, 0.15) is 39.0 Å². The van der Waals surface area contributed by atoms with Gasteiger partial charge in [0.25, 0.3) is 0 Å². The van der Waals surface area contributed by atoms with Gasteiger partial charge >= 0.3 is 5.97 Å². The van der Waals surface area contributed by atoms with Crippen molar-refractivity contribution in [1.82, 2.24) is 0 Å². The van der Waals surface area contributed by atoms with Crippen LogP contribution in [-0.4, -0.2) is 12.1 Å². The molecule has 1 spiro atoms. The summed E-state index contributed by atoms with van der Waals surface area (Å²) >= 11 is 0. The van der Waals surface area contributed by atoms with Gasteiger partial charge < -0.3 is 4.74 Å². The summed E-state index contributed by atoms with van der Waals surface area (Å²) in [6, 6.07) is 0.